The molecular formula is C30H33FN6O4S2. The standard InChI is InChI=1S/C30H33FN6O4S2/c1-3-34-17-22(29(39)40)27(38)21-15-23(31)25(16-24(21)34)35-12-10-33(11-13-35)18-36-30(42)37(19-6-8-20(41-2)9-7-19)28(32-36)26-5-4-14-43-26/h4-9,14-17,27,30,38,42H,3,10-13,18H2,1-2H3,(H,39,40). The Morgan fingerprint density at radius 1 is 1.14 bits per heavy atom. The van der Waals surface area contributed by atoms with Gasteiger partial charge in [-0.3, -0.25) is 9.80 Å². The van der Waals surface area contributed by atoms with Crippen LogP contribution in [0, 0.1) is 5.82 Å². The van der Waals surface area contributed by atoms with Gasteiger partial charge in [-0.05, 0) is 54.8 Å². The number of piperazine rings is 1. The van der Waals surface area contributed by atoms with Crippen LogP contribution in [0.3, 0.4) is 0 Å². The smallest absolute Gasteiger partial charge is 0.336 e. The fourth-order valence-electron chi connectivity index (χ4n) is 5.66. The van der Waals surface area contributed by atoms with Crippen LogP contribution in [0.5, 0.6) is 5.75 Å². The molecule has 0 radical (unpaired) electrons. The summed E-state index contributed by atoms with van der Waals surface area (Å²) in [4.78, 5) is 20.8. The predicted octanol–water partition coefficient (Wildman–Crippen LogP) is 4.21. The highest BCUT2D eigenvalue weighted by molar-refractivity contribution is 7.81. The molecule has 3 aliphatic rings. The lowest BCUT2D eigenvalue weighted by Gasteiger charge is -2.39. The van der Waals surface area contributed by atoms with Crippen molar-refractivity contribution in [3.05, 3.63) is 81.9 Å². The molecule has 0 spiro atoms. The average Bonchev–Trinajstić information content (AvgIpc) is 3.66. The molecule has 0 saturated carbocycles. The molecule has 2 aromatic carbocycles. The minimum Gasteiger partial charge on any atom is -0.497 e. The maximum atomic E-state index is 15.4. The number of hydrazone groups is 1. The van der Waals surface area contributed by atoms with Crippen molar-refractivity contribution in [2.24, 2.45) is 5.10 Å². The lowest BCUT2D eigenvalue weighted by atomic mass is 9.95. The first-order valence-corrected chi connectivity index (χ1v) is 15.4. The summed E-state index contributed by atoms with van der Waals surface area (Å²) in [6.07, 6.45) is 0.0430. The van der Waals surface area contributed by atoms with Crippen LogP contribution in [-0.2, 0) is 4.79 Å². The summed E-state index contributed by atoms with van der Waals surface area (Å²) in [6, 6.07) is 14.9. The maximum Gasteiger partial charge on any atom is 0.336 e. The van der Waals surface area contributed by atoms with Gasteiger partial charge in [-0.1, -0.05) is 6.07 Å². The molecule has 6 rings (SSSR count). The number of carboxylic acid groups (broad SMARTS) is 1. The van der Waals surface area contributed by atoms with Crippen molar-refractivity contribution in [2.75, 3.05) is 61.2 Å². The van der Waals surface area contributed by atoms with Crippen molar-refractivity contribution in [3.8, 4) is 5.75 Å². The Kier molecular flexibility index (Phi) is 8.23. The topological polar surface area (TPSA) is 95.3 Å². The molecule has 3 aromatic rings. The van der Waals surface area contributed by atoms with Gasteiger partial charge in [0.15, 0.2) is 11.3 Å². The van der Waals surface area contributed by atoms with E-state index >= 15 is 4.39 Å². The number of methoxy groups -OCH3 is 1. The van der Waals surface area contributed by atoms with E-state index in [1.165, 1.54) is 12.3 Å². The second-order valence-electron chi connectivity index (χ2n) is 10.4. The van der Waals surface area contributed by atoms with Crippen LogP contribution in [0.2, 0.25) is 0 Å². The van der Waals surface area contributed by atoms with Crippen molar-refractivity contribution < 1.29 is 24.1 Å². The molecule has 1 aromatic heterocycles. The number of amidine groups is 1. The Morgan fingerprint density at radius 3 is 2.51 bits per heavy atom. The Labute approximate surface area is 258 Å². The van der Waals surface area contributed by atoms with Crippen molar-refractivity contribution in [2.45, 2.75) is 18.5 Å². The molecule has 43 heavy (non-hydrogen) atoms. The first-order chi connectivity index (χ1) is 20.8. The Morgan fingerprint density at radius 2 is 1.88 bits per heavy atom. The minimum atomic E-state index is -1.39. The molecule has 13 heteroatoms. The summed E-state index contributed by atoms with van der Waals surface area (Å²) < 4.78 is 20.7. The van der Waals surface area contributed by atoms with Crippen molar-refractivity contribution in [3.63, 3.8) is 0 Å². The van der Waals surface area contributed by atoms with E-state index in [9.17, 15) is 15.0 Å². The molecular weight excluding hydrogens is 592 g/mol. The minimum absolute atomic E-state index is 0.171. The highest BCUT2D eigenvalue weighted by atomic mass is 32.1. The summed E-state index contributed by atoms with van der Waals surface area (Å²) >= 11 is 6.59. The molecule has 0 amide bonds. The number of fused-ring (bicyclic) bond motifs is 1. The molecule has 0 aliphatic carbocycles. The number of aliphatic hydroxyl groups excluding tert-OH is 1. The number of ether oxygens (including phenoxy) is 1. The van der Waals surface area contributed by atoms with E-state index in [1.807, 2.05) is 58.6 Å². The van der Waals surface area contributed by atoms with Gasteiger partial charge in [-0.25, -0.2) is 14.2 Å². The first kappa shape index (κ1) is 29.3. The number of benzene rings is 2. The van der Waals surface area contributed by atoms with E-state index < -0.39 is 17.9 Å². The van der Waals surface area contributed by atoms with Crippen LogP contribution < -0.4 is 19.4 Å². The van der Waals surface area contributed by atoms with E-state index in [-0.39, 0.29) is 16.6 Å². The van der Waals surface area contributed by atoms with Gasteiger partial charge < -0.3 is 24.7 Å². The molecule has 226 valence electrons. The molecule has 2 N–H and O–H groups in total. The lowest BCUT2D eigenvalue weighted by Crippen LogP contribution is -2.51. The Hall–Kier alpha value is -3.78. The number of rotatable bonds is 8. The SMILES string of the molecule is CCN1C=C(C(=O)O)C(O)c2cc(F)c(N3CCN(CN4N=C(c5cccs5)N(c5ccc(OC)cc5)C4S)CC3)cc21. The molecule has 2 atom stereocenters. The van der Waals surface area contributed by atoms with Crippen molar-refractivity contribution in [1.29, 1.82) is 0 Å². The fourth-order valence-corrected chi connectivity index (χ4v) is 6.73. The average molecular weight is 625 g/mol. The zero-order valence-corrected chi connectivity index (χ0v) is 25.5. The molecule has 1 fully saturated rings. The number of nitrogens with zero attached hydrogens (tertiary/aromatic N) is 6. The number of halogens is 1. The second-order valence-corrected chi connectivity index (χ2v) is 11.9. The summed E-state index contributed by atoms with van der Waals surface area (Å²) in [5.74, 6) is -0.0991. The van der Waals surface area contributed by atoms with Gasteiger partial charge in [0.05, 0.1) is 29.9 Å². The van der Waals surface area contributed by atoms with Crippen LogP contribution in [0.15, 0.2) is 70.8 Å². The predicted molar refractivity (Wildman–Crippen MR) is 170 cm³/mol. The van der Waals surface area contributed by atoms with Gasteiger partial charge in [0.2, 0.25) is 0 Å². The highest BCUT2D eigenvalue weighted by Crippen LogP contribution is 2.40. The molecule has 3 aliphatic heterocycles. The van der Waals surface area contributed by atoms with Crippen LogP contribution in [0.1, 0.15) is 23.5 Å². The summed E-state index contributed by atoms with van der Waals surface area (Å²) in [5, 5.41) is 29.1. The monoisotopic (exact) mass is 624 g/mol. The number of aliphatic hydroxyl groups is 1. The molecule has 10 nitrogen and oxygen atoms in total. The van der Waals surface area contributed by atoms with E-state index in [0.717, 1.165) is 22.1 Å². The summed E-state index contributed by atoms with van der Waals surface area (Å²) in [6.45, 7) is 5.47. The van der Waals surface area contributed by atoms with Gasteiger partial charge in [0.25, 0.3) is 0 Å². The quantitative estimate of drug-likeness (QED) is 0.319. The molecule has 1 saturated heterocycles. The van der Waals surface area contributed by atoms with Gasteiger partial charge in [0, 0.05) is 55.9 Å². The van der Waals surface area contributed by atoms with E-state index in [2.05, 4.69) is 9.80 Å². The lowest BCUT2D eigenvalue weighted by molar-refractivity contribution is -0.133. The van der Waals surface area contributed by atoms with Gasteiger partial charge in [-0.2, -0.15) is 5.10 Å². The third-order valence-electron chi connectivity index (χ3n) is 7.98. The van der Waals surface area contributed by atoms with E-state index in [0.29, 0.717) is 50.8 Å². The maximum absolute atomic E-state index is 15.4. The number of carbonyl (C=O) groups is 1. The van der Waals surface area contributed by atoms with Crippen LogP contribution in [0.25, 0.3) is 0 Å². The Bertz CT molecular complexity index is 1540. The molecule has 4 heterocycles. The highest BCUT2D eigenvalue weighted by Gasteiger charge is 2.36. The number of hydrogen-bond acceptors (Lipinski definition) is 11. The zero-order valence-electron chi connectivity index (χ0n) is 23.8. The van der Waals surface area contributed by atoms with Crippen LogP contribution >= 0.6 is 24.0 Å². The number of thiol groups is 1. The number of aliphatic carboxylic acids is 1. The van der Waals surface area contributed by atoms with Crippen molar-refractivity contribution >= 4 is 52.8 Å². The zero-order chi connectivity index (χ0) is 30.2. The largest absolute Gasteiger partial charge is 0.497 e. The van der Waals surface area contributed by atoms with Gasteiger partial charge in [0.1, 0.15) is 17.7 Å². The normalized spacial score (nSPS) is 20.7. The fraction of sp³-hybridized carbons (Fsp3) is 0.333. The number of thiophene rings is 1. The van der Waals surface area contributed by atoms with Crippen LogP contribution in [0.4, 0.5) is 21.5 Å². The summed E-state index contributed by atoms with van der Waals surface area (Å²) in [7, 11) is 1.64. The number of carboxylic acids is 1. The van der Waals surface area contributed by atoms with Crippen molar-refractivity contribution in [1.82, 2.24) is 9.91 Å². The summed E-state index contributed by atoms with van der Waals surface area (Å²) in [5.41, 5.74) is 1.78. The first-order valence-electron chi connectivity index (χ1n) is 14.0. The second kappa shape index (κ2) is 12.1. The van der Waals surface area contributed by atoms with Gasteiger partial charge in [-0.15, -0.1) is 24.0 Å². The van der Waals surface area contributed by atoms with E-state index in [1.54, 1.807) is 29.4 Å². The molecule has 0 bridgehead atoms. The van der Waals surface area contributed by atoms with E-state index in [4.69, 9.17) is 22.5 Å². The number of hydrogen-bond donors (Lipinski definition) is 3. The third kappa shape index (κ3) is 5.53. The number of anilines is 3. The van der Waals surface area contributed by atoms with Crippen LogP contribution in [-0.4, -0.2) is 83.9 Å². The molecule has 2 unspecified atom stereocenters. The third-order valence-corrected chi connectivity index (χ3v) is 9.34. The Balaban J connectivity index is 1.17. The van der Waals surface area contributed by atoms with Gasteiger partial charge >= 0.3 is 5.97 Å².